The zero-order chi connectivity index (χ0) is 14.2. The summed E-state index contributed by atoms with van der Waals surface area (Å²) < 4.78 is 26.4. The maximum absolute atomic E-state index is 12.9. The minimum atomic E-state index is -2.75. The number of aryl methyl sites for hydroxylation is 2. The molecule has 0 spiro atoms. The molecule has 6 heteroatoms. The van der Waals surface area contributed by atoms with E-state index >= 15 is 0 Å². The lowest BCUT2D eigenvalue weighted by molar-refractivity contribution is 0.587. The quantitative estimate of drug-likeness (QED) is 0.877. The van der Waals surface area contributed by atoms with Crippen molar-refractivity contribution in [1.29, 1.82) is 0 Å². The lowest BCUT2D eigenvalue weighted by Crippen LogP contribution is -2.10. The molecule has 1 N–H and O–H groups in total. The molecule has 1 aromatic carbocycles. The molecule has 0 aliphatic heterocycles. The highest BCUT2D eigenvalue weighted by Crippen LogP contribution is 2.42. The number of rotatable bonds is 3. The largest absolute Gasteiger partial charge is 0.331 e. The highest BCUT2D eigenvalue weighted by Gasteiger charge is 2.26. The van der Waals surface area contributed by atoms with Crippen molar-refractivity contribution in [2.24, 2.45) is 0 Å². The number of nitrogens with one attached hydrogen (secondary N) is 1. The first kappa shape index (κ1) is 13.8. The van der Waals surface area contributed by atoms with Crippen molar-refractivity contribution in [1.82, 2.24) is 4.98 Å². The van der Waals surface area contributed by atoms with Crippen LogP contribution in [-0.2, 0) is 17.4 Å². The first-order valence-corrected chi connectivity index (χ1v) is 9.62. The fraction of sp³-hybridized carbons (Fsp3) is 0.357. The maximum Gasteiger partial charge on any atom is 0.223 e. The number of halogens is 1. The van der Waals surface area contributed by atoms with E-state index in [2.05, 4.69) is 10.1 Å². The van der Waals surface area contributed by atoms with E-state index in [0.717, 1.165) is 25.0 Å². The van der Waals surface area contributed by atoms with E-state index in [1.165, 1.54) is 23.4 Å². The standard InChI is InChI=1S/C14H16FN2OPS/c1-19(18,17-11-8-6-10(15)7-9-11)14-16-12-4-2-3-5-13(12)20-14/h6-9H,2-5H2,1H3,(H,17,18). The van der Waals surface area contributed by atoms with Crippen molar-refractivity contribution in [2.75, 3.05) is 11.8 Å². The van der Waals surface area contributed by atoms with Crippen molar-refractivity contribution in [2.45, 2.75) is 25.7 Å². The predicted molar refractivity (Wildman–Crippen MR) is 81.9 cm³/mol. The molecular formula is C14H16FN2OPS. The number of benzene rings is 1. The van der Waals surface area contributed by atoms with Crippen LogP contribution in [0.15, 0.2) is 24.3 Å². The van der Waals surface area contributed by atoms with E-state index in [1.807, 2.05) is 0 Å². The minimum absolute atomic E-state index is 0.300. The lowest BCUT2D eigenvalue weighted by Gasteiger charge is -2.13. The topological polar surface area (TPSA) is 42.0 Å². The summed E-state index contributed by atoms with van der Waals surface area (Å²) in [5.41, 5.74) is 1.77. The van der Waals surface area contributed by atoms with Gasteiger partial charge in [-0.2, -0.15) is 0 Å². The molecule has 1 heterocycles. The second-order valence-corrected chi connectivity index (χ2v) is 9.00. The molecule has 1 aliphatic carbocycles. The van der Waals surface area contributed by atoms with Gasteiger partial charge < -0.3 is 5.09 Å². The van der Waals surface area contributed by atoms with Gasteiger partial charge in [-0.05, 0) is 49.9 Å². The zero-order valence-corrected chi connectivity index (χ0v) is 12.9. The van der Waals surface area contributed by atoms with Gasteiger partial charge >= 0.3 is 0 Å². The van der Waals surface area contributed by atoms with Crippen LogP contribution in [0.4, 0.5) is 10.1 Å². The molecule has 0 fully saturated rings. The summed E-state index contributed by atoms with van der Waals surface area (Å²) in [4.78, 5) is 5.83. The van der Waals surface area contributed by atoms with Crippen LogP contribution in [0, 0.1) is 5.82 Å². The van der Waals surface area contributed by atoms with Crippen LogP contribution in [0.25, 0.3) is 0 Å². The van der Waals surface area contributed by atoms with E-state index in [0.29, 0.717) is 10.4 Å². The van der Waals surface area contributed by atoms with Gasteiger partial charge in [-0.1, -0.05) is 0 Å². The number of anilines is 1. The summed E-state index contributed by atoms with van der Waals surface area (Å²) in [6, 6.07) is 5.91. The Morgan fingerprint density at radius 2 is 1.95 bits per heavy atom. The Morgan fingerprint density at radius 3 is 2.65 bits per heavy atom. The van der Waals surface area contributed by atoms with Crippen LogP contribution in [0.1, 0.15) is 23.4 Å². The molecule has 2 aromatic rings. The smallest absolute Gasteiger partial charge is 0.223 e. The van der Waals surface area contributed by atoms with Crippen molar-refractivity contribution >= 4 is 29.1 Å². The maximum atomic E-state index is 12.9. The molecule has 3 nitrogen and oxygen atoms in total. The molecule has 0 amide bonds. The Morgan fingerprint density at radius 1 is 1.25 bits per heavy atom. The average Bonchev–Trinajstić information content (AvgIpc) is 2.86. The van der Waals surface area contributed by atoms with E-state index in [1.54, 1.807) is 30.1 Å². The van der Waals surface area contributed by atoms with E-state index in [9.17, 15) is 8.96 Å². The highest BCUT2D eigenvalue weighted by atomic mass is 32.1. The van der Waals surface area contributed by atoms with Crippen molar-refractivity contribution < 1.29 is 8.96 Å². The molecule has 1 unspecified atom stereocenters. The molecule has 3 rings (SSSR count). The number of hydrogen-bond acceptors (Lipinski definition) is 3. The van der Waals surface area contributed by atoms with Crippen LogP contribution >= 0.6 is 18.6 Å². The third-order valence-corrected chi connectivity index (χ3v) is 7.18. The zero-order valence-electron chi connectivity index (χ0n) is 11.2. The van der Waals surface area contributed by atoms with Crippen LogP contribution in [0.3, 0.4) is 0 Å². The van der Waals surface area contributed by atoms with Crippen molar-refractivity contribution in [3.05, 3.63) is 40.7 Å². The van der Waals surface area contributed by atoms with E-state index in [-0.39, 0.29) is 5.82 Å². The summed E-state index contributed by atoms with van der Waals surface area (Å²) >= 11 is 1.55. The van der Waals surface area contributed by atoms with Gasteiger partial charge in [0.1, 0.15) is 5.82 Å². The van der Waals surface area contributed by atoms with Crippen LogP contribution in [0.5, 0.6) is 0 Å². The van der Waals surface area contributed by atoms with Gasteiger partial charge in [-0.25, -0.2) is 9.37 Å². The van der Waals surface area contributed by atoms with Gasteiger partial charge in [0.05, 0.1) is 5.69 Å². The van der Waals surface area contributed by atoms with Gasteiger partial charge in [-0.15, -0.1) is 11.3 Å². The van der Waals surface area contributed by atoms with Crippen molar-refractivity contribution in [3.63, 3.8) is 0 Å². The Balaban J connectivity index is 1.85. The SMILES string of the molecule is CP(=O)(Nc1ccc(F)cc1)c1nc2c(s1)CCCC2. The normalized spacial score (nSPS) is 17.3. The Kier molecular flexibility index (Phi) is 3.65. The fourth-order valence-corrected chi connectivity index (χ4v) is 5.44. The molecule has 0 saturated heterocycles. The summed E-state index contributed by atoms with van der Waals surface area (Å²) in [6.45, 7) is 1.68. The molecule has 0 radical (unpaired) electrons. The Labute approximate surface area is 121 Å². The van der Waals surface area contributed by atoms with Crippen LogP contribution < -0.4 is 9.84 Å². The van der Waals surface area contributed by atoms with Crippen LogP contribution in [-0.4, -0.2) is 11.6 Å². The molecule has 1 aromatic heterocycles. The number of thiazole rings is 1. The van der Waals surface area contributed by atoms with Gasteiger partial charge in [-0.3, -0.25) is 4.57 Å². The van der Waals surface area contributed by atoms with Gasteiger partial charge in [0.15, 0.2) is 4.75 Å². The third-order valence-electron chi connectivity index (χ3n) is 3.39. The number of nitrogens with zero attached hydrogens (tertiary/aromatic N) is 1. The third kappa shape index (κ3) is 2.79. The summed E-state index contributed by atoms with van der Waals surface area (Å²) in [5.74, 6) is -0.300. The average molecular weight is 310 g/mol. The fourth-order valence-electron chi connectivity index (χ4n) is 2.34. The van der Waals surface area contributed by atoms with Gasteiger partial charge in [0.25, 0.3) is 0 Å². The van der Waals surface area contributed by atoms with E-state index in [4.69, 9.17) is 0 Å². The molecule has 20 heavy (non-hydrogen) atoms. The molecule has 1 aliphatic rings. The summed E-state index contributed by atoms with van der Waals surface area (Å²) in [5, 5.41) is 3.01. The Bertz CT molecular complexity index is 645. The molecule has 0 bridgehead atoms. The first-order chi connectivity index (χ1) is 9.54. The molecule has 0 saturated carbocycles. The second kappa shape index (κ2) is 5.30. The monoisotopic (exact) mass is 310 g/mol. The lowest BCUT2D eigenvalue weighted by atomic mass is 10.0. The van der Waals surface area contributed by atoms with Crippen molar-refractivity contribution in [3.8, 4) is 0 Å². The Hall–Kier alpha value is -1.19. The number of aromatic nitrogens is 1. The number of fused-ring (bicyclic) bond motifs is 1. The number of hydrogen-bond donors (Lipinski definition) is 1. The van der Waals surface area contributed by atoms with Crippen LogP contribution in [0.2, 0.25) is 0 Å². The molecule has 1 atom stereocenters. The summed E-state index contributed by atoms with van der Waals surface area (Å²) in [6.07, 6.45) is 4.38. The first-order valence-electron chi connectivity index (χ1n) is 6.65. The predicted octanol–water partition coefficient (Wildman–Crippen LogP) is 3.81. The molecular weight excluding hydrogens is 294 g/mol. The second-order valence-electron chi connectivity index (χ2n) is 5.12. The van der Waals surface area contributed by atoms with Gasteiger partial charge in [0.2, 0.25) is 7.29 Å². The summed E-state index contributed by atoms with van der Waals surface area (Å²) in [7, 11) is -2.75. The minimum Gasteiger partial charge on any atom is -0.331 e. The highest BCUT2D eigenvalue weighted by molar-refractivity contribution is 7.77. The van der Waals surface area contributed by atoms with Gasteiger partial charge in [0, 0.05) is 17.2 Å². The molecule has 106 valence electrons. The van der Waals surface area contributed by atoms with E-state index < -0.39 is 7.29 Å².